The van der Waals surface area contributed by atoms with Gasteiger partial charge < -0.3 is 15.6 Å². The van der Waals surface area contributed by atoms with Crippen molar-refractivity contribution in [2.45, 2.75) is 32.7 Å². The van der Waals surface area contributed by atoms with Gasteiger partial charge in [0, 0.05) is 36.7 Å². The highest BCUT2D eigenvalue weighted by Crippen LogP contribution is 2.31. The highest BCUT2D eigenvalue weighted by molar-refractivity contribution is 6.31. The van der Waals surface area contributed by atoms with E-state index in [-0.39, 0.29) is 7.33 Å². The number of benzene rings is 1. The zero-order chi connectivity index (χ0) is 21.3. The number of hydrogen-bond donors (Lipinski definition) is 3. The van der Waals surface area contributed by atoms with Gasteiger partial charge in [0.15, 0.2) is 5.82 Å². The number of fused-ring (bicyclic) bond motifs is 2. The molecule has 3 aromatic heterocycles. The average molecular weight is 425 g/mol. The van der Waals surface area contributed by atoms with E-state index in [1.54, 1.807) is 6.20 Å². The molecule has 0 saturated carbocycles. The number of hydrogen-bond acceptors (Lipinski definition) is 5. The van der Waals surface area contributed by atoms with Crippen LogP contribution in [0.25, 0.3) is 33.3 Å². The summed E-state index contributed by atoms with van der Waals surface area (Å²) in [5.41, 5.74) is 1.48. The summed E-state index contributed by atoms with van der Waals surface area (Å²) in [6.07, 6.45) is 4.02. The fraction of sp³-hybridized carbons (Fsp3) is 0.273. The normalized spacial score (nSPS) is 13.3. The van der Waals surface area contributed by atoms with Gasteiger partial charge in [-0.05, 0) is 38.5 Å². The van der Waals surface area contributed by atoms with Crippen LogP contribution in [0.15, 0.2) is 42.7 Å². The molecule has 156 valence electrons. The van der Waals surface area contributed by atoms with E-state index < -0.39 is 5.54 Å². The van der Waals surface area contributed by atoms with Gasteiger partial charge in [-0.3, -0.25) is 4.79 Å². The lowest BCUT2D eigenvalue weighted by Crippen LogP contribution is -2.50. The Balaban J connectivity index is 0.00000272. The van der Waals surface area contributed by atoms with Crippen LogP contribution in [0.2, 0.25) is 5.02 Å². The SMILES string of the molecule is CCNC(=O)[C@@](C)(CC)Nc1nc(-c2c[nH]c3ncc(Cl)cc23)nc2ccccc12.[HH]. The Hall–Kier alpha value is -3.19. The topological polar surface area (TPSA) is 95.6 Å². The number of carbonyl (C=O) groups is 1. The van der Waals surface area contributed by atoms with Gasteiger partial charge in [-0.2, -0.15) is 0 Å². The van der Waals surface area contributed by atoms with Crippen LogP contribution in [0.4, 0.5) is 5.82 Å². The molecule has 0 spiro atoms. The number of pyridine rings is 1. The summed E-state index contributed by atoms with van der Waals surface area (Å²) in [5, 5.41) is 8.51. The predicted molar refractivity (Wildman–Crippen MR) is 123 cm³/mol. The van der Waals surface area contributed by atoms with E-state index in [0.29, 0.717) is 35.3 Å². The number of nitrogens with one attached hydrogen (secondary N) is 3. The number of halogens is 1. The third-order valence-electron chi connectivity index (χ3n) is 5.28. The largest absolute Gasteiger partial charge is 0.356 e. The van der Waals surface area contributed by atoms with Crippen molar-refractivity contribution in [1.29, 1.82) is 0 Å². The first-order chi connectivity index (χ1) is 14.4. The number of aromatic nitrogens is 4. The lowest BCUT2D eigenvalue weighted by Gasteiger charge is -2.29. The highest BCUT2D eigenvalue weighted by Gasteiger charge is 2.32. The summed E-state index contributed by atoms with van der Waals surface area (Å²) in [5.74, 6) is 1.07. The van der Waals surface area contributed by atoms with Crippen molar-refractivity contribution in [2.75, 3.05) is 11.9 Å². The molecule has 0 saturated heterocycles. The number of rotatable bonds is 6. The van der Waals surface area contributed by atoms with Gasteiger partial charge in [0.2, 0.25) is 5.91 Å². The summed E-state index contributed by atoms with van der Waals surface area (Å²) in [4.78, 5) is 29.7. The molecule has 0 aliphatic rings. The van der Waals surface area contributed by atoms with Crippen molar-refractivity contribution in [2.24, 2.45) is 0 Å². The van der Waals surface area contributed by atoms with Crippen LogP contribution in [0.3, 0.4) is 0 Å². The van der Waals surface area contributed by atoms with Crippen LogP contribution >= 0.6 is 11.6 Å². The molecule has 0 radical (unpaired) electrons. The number of nitrogens with zero attached hydrogens (tertiary/aromatic N) is 3. The fourth-order valence-electron chi connectivity index (χ4n) is 3.38. The minimum Gasteiger partial charge on any atom is -0.356 e. The maximum Gasteiger partial charge on any atom is 0.245 e. The van der Waals surface area contributed by atoms with Crippen molar-refractivity contribution in [3.8, 4) is 11.4 Å². The number of para-hydroxylation sites is 1. The molecule has 8 heteroatoms. The first-order valence-corrected chi connectivity index (χ1v) is 10.3. The first kappa shape index (κ1) is 20.1. The Kier molecular flexibility index (Phi) is 5.30. The zero-order valence-electron chi connectivity index (χ0n) is 17.1. The van der Waals surface area contributed by atoms with E-state index in [1.165, 1.54) is 0 Å². The standard InChI is InChI=1S/C22H23ClN6O.H2/c1-4-22(3,21(30)24-5-2)29-20-14-8-6-7-9-17(14)27-19(28-20)16-12-26-18-15(16)10-13(23)11-25-18;/h6-12H,4-5H2,1-3H3,(H,24,30)(H,25,26)(H,27,28,29);1H/t22-;/m1./s1. The molecule has 4 rings (SSSR count). The van der Waals surface area contributed by atoms with E-state index in [1.807, 2.05) is 57.3 Å². The Labute approximate surface area is 180 Å². The van der Waals surface area contributed by atoms with E-state index in [9.17, 15) is 4.79 Å². The van der Waals surface area contributed by atoms with Gasteiger partial charge in [0.25, 0.3) is 0 Å². The molecule has 4 aromatic rings. The van der Waals surface area contributed by atoms with Gasteiger partial charge in [0.1, 0.15) is 17.0 Å². The third kappa shape index (κ3) is 3.57. The monoisotopic (exact) mass is 424 g/mol. The minimum absolute atomic E-state index is 0. The minimum atomic E-state index is -0.810. The molecule has 30 heavy (non-hydrogen) atoms. The summed E-state index contributed by atoms with van der Waals surface area (Å²) in [6, 6.07) is 9.58. The van der Waals surface area contributed by atoms with Crippen LogP contribution in [-0.2, 0) is 4.79 Å². The molecule has 1 amide bonds. The highest BCUT2D eigenvalue weighted by atomic mass is 35.5. The van der Waals surface area contributed by atoms with Gasteiger partial charge in [0.05, 0.1) is 10.5 Å². The van der Waals surface area contributed by atoms with Gasteiger partial charge in [-0.1, -0.05) is 30.7 Å². The van der Waals surface area contributed by atoms with Crippen molar-refractivity contribution in [1.82, 2.24) is 25.3 Å². The molecule has 0 bridgehead atoms. The van der Waals surface area contributed by atoms with E-state index >= 15 is 0 Å². The van der Waals surface area contributed by atoms with Crippen molar-refractivity contribution in [3.05, 3.63) is 47.7 Å². The summed E-state index contributed by atoms with van der Waals surface area (Å²) >= 11 is 6.16. The second-order valence-electron chi connectivity index (χ2n) is 7.34. The van der Waals surface area contributed by atoms with Crippen molar-refractivity contribution in [3.63, 3.8) is 0 Å². The van der Waals surface area contributed by atoms with E-state index in [0.717, 1.165) is 21.9 Å². The third-order valence-corrected chi connectivity index (χ3v) is 5.49. The lowest BCUT2D eigenvalue weighted by atomic mass is 9.97. The lowest BCUT2D eigenvalue weighted by molar-refractivity contribution is -0.125. The molecular formula is C22H25ClN6O. The summed E-state index contributed by atoms with van der Waals surface area (Å²) in [6.45, 7) is 6.32. The number of likely N-dealkylation sites (N-methyl/N-ethyl adjacent to an activating group) is 1. The Morgan fingerprint density at radius 1 is 1.23 bits per heavy atom. The second-order valence-corrected chi connectivity index (χ2v) is 7.77. The van der Waals surface area contributed by atoms with Crippen LogP contribution in [0.1, 0.15) is 28.6 Å². The average Bonchev–Trinajstić information content (AvgIpc) is 3.16. The number of carbonyl (C=O) groups excluding carboxylic acids is 1. The number of amides is 1. The molecule has 0 unspecified atom stereocenters. The fourth-order valence-corrected chi connectivity index (χ4v) is 3.54. The van der Waals surface area contributed by atoms with Crippen LogP contribution < -0.4 is 10.6 Å². The Morgan fingerprint density at radius 2 is 2.03 bits per heavy atom. The number of H-pyrrole nitrogens is 1. The Bertz CT molecular complexity index is 1240. The molecule has 1 aromatic carbocycles. The molecular weight excluding hydrogens is 400 g/mol. The smallest absolute Gasteiger partial charge is 0.245 e. The quantitative estimate of drug-likeness (QED) is 0.413. The van der Waals surface area contributed by atoms with Crippen LogP contribution in [0, 0.1) is 0 Å². The second kappa shape index (κ2) is 7.91. The van der Waals surface area contributed by atoms with Crippen LogP contribution in [0.5, 0.6) is 0 Å². The predicted octanol–water partition coefficient (Wildman–Crippen LogP) is 4.79. The molecule has 3 N–H and O–H groups in total. The van der Waals surface area contributed by atoms with Gasteiger partial charge >= 0.3 is 0 Å². The van der Waals surface area contributed by atoms with E-state index in [4.69, 9.17) is 21.6 Å². The summed E-state index contributed by atoms with van der Waals surface area (Å²) in [7, 11) is 0. The van der Waals surface area contributed by atoms with Crippen molar-refractivity contribution >= 4 is 45.3 Å². The molecule has 1 atom stereocenters. The maximum absolute atomic E-state index is 12.7. The summed E-state index contributed by atoms with van der Waals surface area (Å²) < 4.78 is 0. The van der Waals surface area contributed by atoms with E-state index in [2.05, 4.69) is 20.6 Å². The van der Waals surface area contributed by atoms with Crippen molar-refractivity contribution < 1.29 is 6.22 Å². The molecule has 0 fully saturated rings. The zero-order valence-corrected chi connectivity index (χ0v) is 17.8. The van der Waals surface area contributed by atoms with Crippen LogP contribution in [-0.4, -0.2) is 37.9 Å². The maximum atomic E-state index is 12.7. The Morgan fingerprint density at radius 3 is 2.80 bits per heavy atom. The molecule has 0 aliphatic heterocycles. The van der Waals surface area contributed by atoms with Gasteiger partial charge in [-0.15, -0.1) is 0 Å². The molecule has 0 aliphatic carbocycles. The molecule has 3 heterocycles. The first-order valence-electron chi connectivity index (χ1n) is 9.91. The van der Waals surface area contributed by atoms with Gasteiger partial charge in [-0.25, -0.2) is 15.0 Å². The number of anilines is 1. The molecule has 7 nitrogen and oxygen atoms in total. The number of aromatic amines is 1.